The molecule has 3 rings (SSSR count). The number of rotatable bonds is 7. The van der Waals surface area contributed by atoms with Crippen LogP contribution >= 0.6 is 23.4 Å². The van der Waals surface area contributed by atoms with Crippen molar-refractivity contribution in [3.63, 3.8) is 0 Å². The van der Waals surface area contributed by atoms with Crippen molar-refractivity contribution < 1.29 is 9.13 Å². The van der Waals surface area contributed by atoms with Crippen molar-refractivity contribution in [2.45, 2.75) is 11.4 Å². The van der Waals surface area contributed by atoms with E-state index in [0.717, 1.165) is 22.2 Å². The summed E-state index contributed by atoms with van der Waals surface area (Å²) in [5.41, 5.74) is 6.26. The van der Waals surface area contributed by atoms with Crippen molar-refractivity contribution in [1.29, 1.82) is 0 Å². The highest BCUT2D eigenvalue weighted by Gasteiger charge is 2.10. The van der Waals surface area contributed by atoms with E-state index >= 15 is 0 Å². The van der Waals surface area contributed by atoms with Gasteiger partial charge in [-0.25, -0.2) is 4.39 Å². The van der Waals surface area contributed by atoms with Gasteiger partial charge in [-0.3, -0.25) is 4.98 Å². The summed E-state index contributed by atoms with van der Waals surface area (Å²) in [5, 5.41) is 11.1. The molecule has 0 bridgehead atoms. The minimum Gasteiger partial charge on any atom is -0.457 e. The van der Waals surface area contributed by atoms with Gasteiger partial charge in [0.25, 0.3) is 0 Å². The summed E-state index contributed by atoms with van der Waals surface area (Å²) < 4.78 is 18.3. The molecule has 25 heavy (non-hydrogen) atoms. The Bertz CT molecular complexity index is 843. The fraction of sp³-hybridized carbons (Fsp3) is 0.125. The maximum absolute atomic E-state index is 12.3. The Kier molecular flexibility index (Phi) is 5.62. The van der Waals surface area contributed by atoms with Crippen LogP contribution in [0.5, 0.6) is 11.5 Å². The number of hydrogen-bond acceptors (Lipinski definition) is 6. The van der Waals surface area contributed by atoms with Crippen LogP contribution in [0.3, 0.4) is 0 Å². The fourth-order valence-corrected chi connectivity index (χ4v) is 2.81. The Morgan fingerprint density at radius 3 is 2.68 bits per heavy atom. The molecule has 0 fully saturated rings. The van der Waals surface area contributed by atoms with Gasteiger partial charge in [0.05, 0.1) is 0 Å². The third-order valence-corrected chi connectivity index (χ3v) is 4.35. The lowest BCUT2D eigenvalue weighted by Crippen LogP contribution is -2.03. The maximum atomic E-state index is 12.3. The Labute approximate surface area is 152 Å². The van der Waals surface area contributed by atoms with Gasteiger partial charge in [0.15, 0.2) is 0 Å². The standard InChI is InChI=1S/C16H15ClFN5OS/c17-13-2-1-3-14(12(13)8-20-16-21-15(19)22-23-16)24-10-4-6-11(7-5-10)25-9-18/h1-7H,8-9H2,(H4,19,20,21,22,23). The van der Waals surface area contributed by atoms with Crippen molar-refractivity contribution in [2.75, 3.05) is 17.1 Å². The number of nitrogen functional groups attached to an aromatic ring is 1. The number of nitrogens with two attached hydrogens (primary N) is 1. The van der Waals surface area contributed by atoms with E-state index in [2.05, 4.69) is 20.5 Å². The summed E-state index contributed by atoms with van der Waals surface area (Å²) in [5.74, 6) is 1.91. The van der Waals surface area contributed by atoms with Crippen LogP contribution in [-0.2, 0) is 6.54 Å². The second kappa shape index (κ2) is 8.09. The van der Waals surface area contributed by atoms with Crippen molar-refractivity contribution in [3.8, 4) is 11.5 Å². The van der Waals surface area contributed by atoms with Crippen LogP contribution in [0.15, 0.2) is 47.4 Å². The van der Waals surface area contributed by atoms with Crippen LogP contribution < -0.4 is 15.8 Å². The molecule has 0 aliphatic heterocycles. The van der Waals surface area contributed by atoms with E-state index in [-0.39, 0.29) is 5.95 Å². The lowest BCUT2D eigenvalue weighted by atomic mass is 10.2. The fourth-order valence-electron chi connectivity index (χ4n) is 2.13. The van der Waals surface area contributed by atoms with E-state index in [1.54, 1.807) is 36.4 Å². The second-order valence-electron chi connectivity index (χ2n) is 4.96. The highest BCUT2D eigenvalue weighted by atomic mass is 35.5. The molecule has 4 N–H and O–H groups in total. The molecule has 6 nitrogen and oxygen atoms in total. The molecule has 0 unspecified atom stereocenters. The molecule has 130 valence electrons. The molecule has 0 saturated heterocycles. The van der Waals surface area contributed by atoms with E-state index in [4.69, 9.17) is 22.1 Å². The number of benzene rings is 2. The first-order chi connectivity index (χ1) is 12.2. The lowest BCUT2D eigenvalue weighted by molar-refractivity contribution is 0.476. The predicted molar refractivity (Wildman–Crippen MR) is 97.9 cm³/mol. The monoisotopic (exact) mass is 379 g/mol. The number of halogens is 2. The molecule has 0 aliphatic carbocycles. The topological polar surface area (TPSA) is 88.8 Å². The Hall–Kier alpha value is -2.45. The summed E-state index contributed by atoms with van der Waals surface area (Å²) >= 11 is 7.42. The molecular weight excluding hydrogens is 365 g/mol. The molecule has 9 heteroatoms. The third kappa shape index (κ3) is 4.55. The SMILES string of the molecule is Nc1nnc(NCc2c(Cl)cccc2Oc2ccc(SCF)cc2)[nH]1. The lowest BCUT2D eigenvalue weighted by Gasteiger charge is -2.13. The highest BCUT2D eigenvalue weighted by molar-refractivity contribution is 7.99. The second-order valence-corrected chi connectivity index (χ2v) is 6.34. The van der Waals surface area contributed by atoms with Gasteiger partial charge < -0.3 is 15.8 Å². The van der Waals surface area contributed by atoms with Gasteiger partial charge in [0.2, 0.25) is 11.9 Å². The third-order valence-electron chi connectivity index (χ3n) is 3.29. The molecule has 0 saturated carbocycles. The first kappa shape index (κ1) is 17.4. The number of aromatic nitrogens is 3. The number of aromatic amines is 1. The van der Waals surface area contributed by atoms with E-state index < -0.39 is 6.01 Å². The predicted octanol–water partition coefficient (Wildman–Crippen LogP) is 4.46. The Balaban J connectivity index is 1.75. The first-order valence-corrected chi connectivity index (χ1v) is 8.68. The van der Waals surface area contributed by atoms with Crippen LogP contribution in [0, 0.1) is 0 Å². The van der Waals surface area contributed by atoms with Gasteiger partial charge >= 0.3 is 0 Å². The minimum atomic E-state index is -0.462. The highest BCUT2D eigenvalue weighted by Crippen LogP contribution is 2.32. The van der Waals surface area contributed by atoms with Crippen LogP contribution in [0.2, 0.25) is 5.02 Å². The summed E-state index contributed by atoms with van der Waals surface area (Å²) in [6.45, 7) is 0.374. The van der Waals surface area contributed by atoms with Gasteiger partial charge in [-0.2, -0.15) is 0 Å². The molecule has 0 amide bonds. The Morgan fingerprint density at radius 1 is 1.20 bits per heavy atom. The maximum Gasteiger partial charge on any atom is 0.223 e. The van der Waals surface area contributed by atoms with E-state index in [1.165, 1.54) is 0 Å². The number of anilines is 2. The molecule has 1 aromatic heterocycles. The summed E-state index contributed by atoms with van der Waals surface area (Å²) in [6.07, 6.45) is 0. The van der Waals surface area contributed by atoms with E-state index in [1.807, 2.05) is 6.07 Å². The van der Waals surface area contributed by atoms with Crippen molar-refractivity contribution in [3.05, 3.63) is 53.1 Å². The number of ether oxygens (including phenoxy) is 1. The quantitative estimate of drug-likeness (QED) is 0.525. The molecule has 0 radical (unpaired) electrons. The first-order valence-electron chi connectivity index (χ1n) is 7.32. The van der Waals surface area contributed by atoms with E-state index in [9.17, 15) is 4.39 Å². The largest absolute Gasteiger partial charge is 0.457 e. The summed E-state index contributed by atoms with van der Waals surface area (Å²) in [6, 6.07) is 12.1. The van der Waals surface area contributed by atoms with Gasteiger partial charge in [0.1, 0.15) is 17.5 Å². The van der Waals surface area contributed by atoms with Crippen LogP contribution in [-0.4, -0.2) is 21.2 Å². The van der Waals surface area contributed by atoms with Gasteiger partial charge in [-0.15, -0.1) is 10.2 Å². The molecule has 0 spiro atoms. The number of alkyl halides is 1. The molecule has 0 aliphatic rings. The van der Waals surface area contributed by atoms with Crippen LogP contribution in [0.4, 0.5) is 16.3 Å². The van der Waals surface area contributed by atoms with Crippen LogP contribution in [0.25, 0.3) is 0 Å². The molecule has 0 atom stereocenters. The average molecular weight is 380 g/mol. The smallest absolute Gasteiger partial charge is 0.223 e. The zero-order chi connectivity index (χ0) is 17.6. The number of H-pyrrole nitrogens is 1. The summed E-state index contributed by atoms with van der Waals surface area (Å²) in [4.78, 5) is 3.62. The Morgan fingerprint density at radius 2 is 2.00 bits per heavy atom. The number of nitrogens with one attached hydrogen (secondary N) is 2. The minimum absolute atomic E-state index is 0.226. The van der Waals surface area contributed by atoms with Crippen molar-refractivity contribution in [1.82, 2.24) is 15.2 Å². The zero-order valence-electron chi connectivity index (χ0n) is 13.0. The normalized spacial score (nSPS) is 10.6. The number of nitrogens with zero attached hydrogens (tertiary/aromatic N) is 2. The molecule has 2 aromatic carbocycles. The van der Waals surface area contributed by atoms with Gasteiger partial charge in [-0.1, -0.05) is 29.4 Å². The number of hydrogen-bond donors (Lipinski definition) is 3. The van der Waals surface area contributed by atoms with Crippen LogP contribution in [0.1, 0.15) is 5.56 Å². The van der Waals surface area contributed by atoms with Crippen molar-refractivity contribution in [2.24, 2.45) is 0 Å². The van der Waals surface area contributed by atoms with E-state index in [0.29, 0.717) is 29.0 Å². The number of thioether (sulfide) groups is 1. The zero-order valence-corrected chi connectivity index (χ0v) is 14.6. The van der Waals surface area contributed by atoms with Crippen molar-refractivity contribution >= 4 is 35.3 Å². The molecule has 3 aromatic rings. The summed E-state index contributed by atoms with van der Waals surface area (Å²) in [7, 11) is 0. The molecular formula is C16H15ClFN5OS. The average Bonchev–Trinajstić information content (AvgIpc) is 3.02. The van der Waals surface area contributed by atoms with Gasteiger partial charge in [-0.05, 0) is 36.4 Å². The molecule has 1 heterocycles. The van der Waals surface area contributed by atoms with Gasteiger partial charge in [0, 0.05) is 22.0 Å².